The van der Waals surface area contributed by atoms with Crippen LogP contribution < -0.4 is 10.6 Å². The summed E-state index contributed by atoms with van der Waals surface area (Å²) in [6.07, 6.45) is 6.38. The molecule has 2 N–H and O–H groups in total. The summed E-state index contributed by atoms with van der Waals surface area (Å²) in [5.41, 5.74) is -0.118. The first-order valence-electron chi connectivity index (χ1n) is 6.77. The van der Waals surface area contributed by atoms with E-state index < -0.39 is 0 Å². The Labute approximate surface area is 103 Å². The van der Waals surface area contributed by atoms with Crippen LogP contribution in [0.4, 0.5) is 0 Å². The van der Waals surface area contributed by atoms with Crippen molar-refractivity contribution in [3.05, 3.63) is 0 Å². The molecular weight excluding hydrogens is 216 g/mol. The minimum atomic E-state index is -0.118. The Morgan fingerprint density at radius 2 is 2.29 bits per heavy atom. The maximum Gasteiger partial charge on any atom is 0.226 e. The average Bonchev–Trinajstić information content (AvgIpc) is 2.29. The van der Waals surface area contributed by atoms with Crippen LogP contribution in [-0.4, -0.2) is 38.8 Å². The van der Waals surface area contributed by atoms with Crippen molar-refractivity contribution >= 4 is 5.91 Å². The molecule has 4 heteroatoms. The zero-order valence-corrected chi connectivity index (χ0v) is 10.8. The molecule has 0 aromatic heterocycles. The van der Waals surface area contributed by atoms with Crippen molar-refractivity contribution in [2.45, 2.75) is 44.6 Å². The smallest absolute Gasteiger partial charge is 0.226 e. The van der Waals surface area contributed by atoms with Crippen molar-refractivity contribution in [2.75, 3.05) is 26.8 Å². The van der Waals surface area contributed by atoms with Gasteiger partial charge in [0.25, 0.3) is 0 Å². The minimum absolute atomic E-state index is 0.118. The highest BCUT2D eigenvalue weighted by atomic mass is 16.5. The van der Waals surface area contributed by atoms with Crippen LogP contribution in [-0.2, 0) is 9.53 Å². The highest BCUT2D eigenvalue weighted by Crippen LogP contribution is 2.44. The van der Waals surface area contributed by atoms with E-state index in [1.165, 1.54) is 6.42 Å². The molecule has 1 amide bonds. The monoisotopic (exact) mass is 240 g/mol. The molecule has 1 aliphatic heterocycles. The van der Waals surface area contributed by atoms with Crippen LogP contribution in [0.5, 0.6) is 0 Å². The predicted molar refractivity (Wildman–Crippen MR) is 66.8 cm³/mol. The summed E-state index contributed by atoms with van der Waals surface area (Å²) in [7, 11) is 1.70. The molecule has 0 bridgehead atoms. The van der Waals surface area contributed by atoms with E-state index in [4.69, 9.17) is 4.74 Å². The van der Waals surface area contributed by atoms with Gasteiger partial charge < -0.3 is 15.4 Å². The Morgan fingerprint density at radius 1 is 1.47 bits per heavy atom. The standard InChI is InChI=1S/C13H24N2O2/c1-17-9-7-13(5-3-6-13)12(16)15-11-4-2-8-14-10-11/h11,14H,2-10H2,1H3,(H,15,16)/t11-/m0/s1. The van der Waals surface area contributed by atoms with Crippen molar-refractivity contribution in [3.63, 3.8) is 0 Å². The van der Waals surface area contributed by atoms with Crippen LogP contribution in [0.3, 0.4) is 0 Å². The molecule has 1 atom stereocenters. The van der Waals surface area contributed by atoms with E-state index in [1.54, 1.807) is 7.11 Å². The summed E-state index contributed by atoms with van der Waals surface area (Å²) in [4.78, 5) is 12.3. The van der Waals surface area contributed by atoms with Gasteiger partial charge in [-0.1, -0.05) is 6.42 Å². The summed E-state index contributed by atoms with van der Waals surface area (Å²) in [6.45, 7) is 2.70. The molecule has 1 heterocycles. The van der Waals surface area contributed by atoms with Gasteiger partial charge in [0.1, 0.15) is 0 Å². The second kappa shape index (κ2) is 5.83. The second-order valence-electron chi connectivity index (χ2n) is 5.39. The molecule has 0 radical (unpaired) electrons. The highest BCUT2D eigenvalue weighted by Gasteiger charge is 2.44. The first kappa shape index (κ1) is 12.8. The van der Waals surface area contributed by atoms with Crippen LogP contribution in [0.2, 0.25) is 0 Å². The normalized spacial score (nSPS) is 27.2. The Balaban J connectivity index is 1.83. The van der Waals surface area contributed by atoms with Gasteiger partial charge in [-0.05, 0) is 38.6 Å². The van der Waals surface area contributed by atoms with Crippen LogP contribution in [0.25, 0.3) is 0 Å². The second-order valence-corrected chi connectivity index (χ2v) is 5.39. The van der Waals surface area contributed by atoms with Gasteiger partial charge >= 0.3 is 0 Å². The average molecular weight is 240 g/mol. The number of methoxy groups -OCH3 is 1. The summed E-state index contributed by atoms with van der Waals surface area (Å²) in [5, 5.41) is 6.54. The van der Waals surface area contributed by atoms with E-state index in [9.17, 15) is 4.79 Å². The summed E-state index contributed by atoms with van der Waals surface area (Å²) in [5.74, 6) is 0.259. The molecule has 0 aromatic carbocycles. The van der Waals surface area contributed by atoms with E-state index in [2.05, 4.69) is 10.6 Å². The maximum atomic E-state index is 12.3. The van der Waals surface area contributed by atoms with Crippen LogP contribution in [0.15, 0.2) is 0 Å². The molecule has 4 nitrogen and oxygen atoms in total. The van der Waals surface area contributed by atoms with Gasteiger partial charge in [0.15, 0.2) is 0 Å². The lowest BCUT2D eigenvalue weighted by Gasteiger charge is -2.41. The Hall–Kier alpha value is -0.610. The van der Waals surface area contributed by atoms with E-state index >= 15 is 0 Å². The molecule has 0 spiro atoms. The van der Waals surface area contributed by atoms with Crippen molar-refractivity contribution in [1.82, 2.24) is 10.6 Å². The number of carbonyl (C=O) groups is 1. The van der Waals surface area contributed by atoms with Gasteiger partial charge in [0.2, 0.25) is 5.91 Å². The van der Waals surface area contributed by atoms with Crippen LogP contribution >= 0.6 is 0 Å². The molecule has 17 heavy (non-hydrogen) atoms. The number of rotatable bonds is 5. The fraction of sp³-hybridized carbons (Fsp3) is 0.923. The lowest BCUT2D eigenvalue weighted by atomic mass is 9.66. The first-order valence-corrected chi connectivity index (χ1v) is 6.77. The van der Waals surface area contributed by atoms with Crippen molar-refractivity contribution < 1.29 is 9.53 Å². The van der Waals surface area contributed by atoms with Crippen molar-refractivity contribution in [1.29, 1.82) is 0 Å². The number of carbonyl (C=O) groups excluding carboxylic acids is 1. The third kappa shape index (κ3) is 2.99. The molecular formula is C13H24N2O2. The fourth-order valence-electron chi connectivity index (χ4n) is 2.81. The van der Waals surface area contributed by atoms with E-state index in [0.29, 0.717) is 12.6 Å². The van der Waals surface area contributed by atoms with Gasteiger partial charge in [-0.25, -0.2) is 0 Å². The molecule has 2 rings (SSSR count). The van der Waals surface area contributed by atoms with E-state index in [0.717, 1.165) is 45.2 Å². The van der Waals surface area contributed by atoms with Gasteiger partial charge in [-0.2, -0.15) is 0 Å². The van der Waals surface area contributed by atoms with Crippen molar-refractivity contribution in [2.24, 2.45) is 5.41 Å². The third-order valence-electron chi connectivity index (χ3n) is 4.21. The number of hydrogen-bond acceptors (Lipinski definition) is 3. The highest BCUT2D eigenvalue weighted by molar-refractivity contribution is 5.83. The molecule has 0 aromatic rings. The fourth-order valence-corrected chi connectivity index (χ4v) is 2.81. The van der Waals surface area contributed by atoms with E-state index in [-0.39, 0.29) is 11.3 Å². The quantitative estimate of drug-likeness (QED) is 0.755. The third-order valence-corrected chi connectivity index (χ3v) is 4.21. The lowest BCUT2D eigenvalue weighted by molar-refractivity contribution is -0.138. The number of amides is 1. The van der Waals surface area contributed by atoms with Crippen LogP contribution in [0.1, 0.15) is 38.5 Å². The SMILES string of the molecule is COCCC1(C(=O)N[C@H]2CCCNC2)CCC1. The molecule has 1 saturated carbocycles. The first-order chi connectivity index (χ1) is 8.27. The molecule has 2 fully saturated rings. The Morgan fingerprint density at radius 3 is 2.82 bits per heavy atom. The molecule has 1 saturated heterocycles. The molecule has 2 aliphatic rings. The van der Waals surface area contributed by atoms with E-state index in [1.807, 2.05) is 0 Å². The largest absolute Gasteiger partial charge is 0.385 e. The molecule has 1 aliphatic carbocycles. The van der Waals surface area contributed by atoms with Gasteiger partial charge in [0, 0.05) is 26.3 Å². The number of nitrogens with one attached hydrogen (secondary N) is 2. The zero-order valence-electron chi connectivity index (χ0n) is 10.8. The Bertz CT molecular complexity index is 258. The maximum absolute atomic E-state index is 12.3. The summed E-state index contributed by atoms with van der Waals surface area (Å²) < 4.78 is 5.12. The number of ether oxygens (including phenoxy) is 1. The van der Waals surface area contributed by atoms with Crippen LogP contribution in [0, 0.1) is 5.41 Å². The summed E-state index contributed by atoms with van der Waals surface area (Å²) in [6, 6.07) is 0.330. The molecule has 98 valence electrons. The van der Waals surface area contributed by atoms with Gasteiger partial charge in [0.05, 0.1) is 5.41 Å². The minimum Gasteiger partial charge on any atom is -0.385 e. The topological polar surface area (TPSA) is 50.4 Å². The predicted octanol–water partition coefficient (Wildman–Crippen LogP) is 1.06. The number of hydrogen-bond donors (Lipinski definition) is 2. The lowest BCUT2D eigenvalue weighted by Crippen LogP contribution is -2.53. The van der Waals surface area contributed by atoms with Crippen molar-refractivity contribution in [3.8, 4) is 0 Å². The zero-order chi connectivity index (χ0) is 12.1. The molecule has 0 unspecified atom stereocenters. The van der Waals surface area contributed by atoms with Gasteiger partial charge in [-0.15, -0.1) is 0 Å². The number of piperidine rings is 1. The Kier molecular flexibility index (Phi) is 4.40. The summed E-state index contributed by atoms with van der Waals surface area (Å²) >= 11 is 0. The van der Waals surface area contributed by atoms with Gasteiger partial charge in [-0.3, -0.25) is 4.79 Å².